The van der Waals surface area contributed by atoms with Crippen LogP contribution in [0.4, 0.5) is 5.69 Å². The third-order valence-corrected chi connectivity index (χ3v) is 4.13. The number of nitrogens with zero attached hydrogens (tertiary/aromatic N) is 4. The molecule has 5 nitrogen and oxygen atoms in total. The molecule has 0 aliphatic rings. The minimum Gasteiger partial charge on any atom is -0.383 e. The van der Waals surface area contributed by atoms with Gasteiger partial charge in [0.15, 0.2) is 0 Å². The summed E-state index contributed by atoms with van der Waals surface area (Å²) in [6.45, 7) is 9.84. The molecule has 0 aliphatic carbocycles. The maximum absolute atomic E-state index is 6.16. The van der Waals surface area contributed by atoms with Gasteiger partial charge < -0.3 is 10.6 Å². The van der Waals surface area contributed by atoms with Crippen molar-refractivity contribution in [2.45, 2.75) is 20.8 Å². The van der Waals surface area contributed by atoms with Crippen molar-refractivity contribution in [3.05, 3.63) is 95.9 Å². The Hall–Kier alpha value is -3.47. The number of likely N-dealkylation sites (N-methyl/N-ethyl adjacent to an activating group) is 1. The van der Waals surface area contributed by atoms with Crippen molar-refractivity contribution in [1.82, 2.24) is 14.9 Å². The van der Waals surface area contributed by atoms with Crippen LogP contribution in [-0.2, 0) is 0 Å². The Balaban J connectivity index is 2.22. The van der Waals surface area contributed by atoms with Crippen LogP contribution in [0.15, 0.2) is 89.6 Å². The number of nitrogens with two attached hydrogens (primary N) is 1. The van der Waals surface area contributed by atoms with Gasteiger partial charge in [-0.1, -0.05) is 18.7 Å². The van der Waals surface area contributed by atoms with E-state index in [4.69, 9.17) is 5.73 Å². The van der Waals surface area contributed by atoms with Crippen molar-refractivity contribution in [2.24, 2.45) is 10.7 Å². The first-order valence-electron chi connectivity index (χ1n) is 9.00. The second kappa shape index (κ2) is 10.0. The smallest absolute Gasteiger partial charge is 0.127 e. The fraction of sp³-hybridized carbons (Fsp3) is 0.174. The second-order valence-electron chi connectivity index (χ2n) is 6.47. The highest BCUT2D eigenvalue weighted by Crippen LogP contribution is 2.16. The molecule has 28 heavy (non-hydrogen) atoms. The lowest BCUT2D eigenvalue weighted by Crippen LogP contribution is -2.14. The van der Waals surface area contributed by atoms with Gasteiger partial charge in [0.25, 0.3) is 0 Å². The fourth-order valence-corrected chi connectivity index (χ4v) is 2.56. The highest BCUT2D eigenvalue weighted by molar-refractivity contribution is 5.98. The number of aromatic nitrogens is 2. The third kappa shape index (κ3) is 6.06. The normalized spacial score (nSPS) is 13.4. The van der Waals surface area contributed by atoms with Crippen LogP contribution in [-0.4, -0.2) is 27.8 Å². The molecule has 144 valence electrons. The fourth-order valence-electron chi connectivity index (χ4n) is 2.56. The molecule has 0 aliphatic heterocycles. The number of hydrogen-bond donors (Lipinski definition) is 1. The monoisotopic (exact) mass is 373 g/mol. The number of allylic oxidation sites excluding steroid dienone is 3. The molecule has 0 radical (unpaired) electrons. The van der Waals surface area contributed by atoms with E-state index in [1.54, 1.807) is 12.4 Å². The van der Waals surface area contributed by atoms with Crippen molar-refractivity contribution in [3.63, 3.8) is 0 Å². The molecule has 5 heteroatoms. The molecule has 0 saturated carbocycles. The average molecular weight is 374 g/mol. The van der Waals surface area contributed by atoms with Crippen molar-refractivity contribution >= 4 is 17.6 Å². The quantitative estimate of drug-likeness (QED) is 0.431. The van der Waals surface area contributed by atoms with E-state index in [0.29, 0.717) is 5.84 Å². The van der Waals surface area contributed by atoms with Crippen LogP contribution in [0, 0.1) is 6.92 Å². The summed E-state index contributed by atoms with van der Waals surface area (Å²) in [5, 5.41) is 0. The van der Waals surface area contributed by atoms with Crippen molar-refractivity contribution in [1.29, 1.82) is 0 Å². The van der Waals surface area contributed by atoms with Gasteiger partial charge in [0.2, 0.25) is 0 Å². The average Bonchev–Trinajstić information content (AvgIpc) is 2.69. The van der Waals surface area contributed by atoms with Gasteiger partial charge in [0.05, 0.1) is 11.9 Å². The Bertz CT molecular complexity index is 919. The van der Waals surface area contributed by atoms with Crippen LogP contribution >= 0.6 is 0 Å². The van der Waals surface area contributed by atoms with E-state index in [-0.39, 0.29) is 0 Å². The van der Waals surface area contributed by atoms with Gasteiger partial charge in [0.1, 0.15) is 5.84 Å². The van der Waals surface area contributed by atoms with Gasteiger partial charge in [-0.2, -0.15) is 0 Å². The van der Waals surface area contributed by atoms with Crippen LogP contribution in [0.25, 0.3) is 6.08 Å². The van der Waals surface area contributed by atoms with E-state index < -0.39 is 0 Å². The Morgan fingerprint density at radius 2 is 2.00 bits per heavy atom. The second-order valence-corrected chi connectivity index (χ2v) is 6.47. The maximum Gasteiger partial charge on any atom is 0.127 e. The van der Waals surface area contributed by atoms with E-state index in [1.807, 2.05) is 87.6 Å². The molecule has 0 atom stereocenters. The zero-order chi connectivity index (χ0) is 20.5. The first-order valence-corrected chi connectivity index (χ1v) is 9.00. The molecular formula is C23H27N5. The number of aliphatic imine (C=N–C) groups is 1. The van der Waals surface area contributed by atoms with E-state index in [0.717, 1.165) is 33.8 Å². The Morgan fingerprint density at radius 3 is 2.61 bits per heavy atom. The predicted octanol–water partition coefficient (Wildman–Crippen LogP) is 4.78. The molecule has 0 aromatic carbocycles. The summed E-state index contributed by atoms with van der Waals surface area (Å²) in [5.41, 5.74) is 11.8. The topological polar surface area (TPSA) is 67.4 Å². The van der Waals surface area contributed by atoms with Crippen LogP contribution in [0.3, 0.4) is 0 Å². The summed E-state index contributed by atoms with van der Waals surface area (Å²) in [5.74, 6) is 0.460. The lowest BCUT2D eigenvalue weighted by Gasteiger charge is -2.18. The highest BCUT2D eigenvalue weighted by atomic mass is 15.1. The van der Waals surface area contributed by atoms with Crippen molar-refractivity contribution < 1.29 is 0 Å². The minimum atomic E-state index is 0.460. The summed E-state index contributed by atoms with van der Waals surface area (Å²) in [6.07, 6.45) is 13.1. The van der Waals surface area contributed by atoms with Gasteiger partial charge in [-0.25, -0.2) is 4.99 Å². The predicted molar refractivity (Wildman–Crippen MR) is 118 cm³/mol. The number of pyridine rings is 2. The molecule has 2 aromatic heterocycles. The zero-order valence-corrected chi connectivity index (χ0v) is 16.9. The molecule has 0 fully saturated rings. The molecule has 0 spiro atoms. The first-order chi connectivity index (χ1) is 13.4. The third-order valence-electron chi connectivity index (χ3n) is 4.13. The molecule has 2 heterocycles. The van der Waals surface area contributed by atoms with Crippen LogP contribution in [0.2, 0.25) is 0 Å². The first kappa shape index (κ1) is 20.8. The summed E-state index contributed by atoms with van der Waals surface area (Å²) < 4.78 is 0. The molecular weight excluding hydrogens is 346 g/mol. The van der Waals surface area contributed by atoms with Crippen molar-refractivity contribution in [2.75, 3.05) is 7.05 Å². The van der Waals surface area contributed by atoms with Gasteiger partial charge in [-0.15, -0.1) is 0 Å². The van der Waals surface area contributed by atoms with E-state index in [2.05, 4.69) is 21.5 Å². The maximum atomic E-state index is 6.16. The number of amidine groups is 1. The SMILES string of the molecule is C=C/C(=C(C)\C=C(/C)C(N)=Nc1ccc(C)nc1)N(C)/C=C\c1cccnc1. The molecule has 0 saturated heterocycles. The molecule has 0 unspecified atom stereocenters. The Labute approximate surface area is 167 Å². The summed E-state index contributed by atoms with van der Waals surface area (Å²) in [7, 11) is 1.98. The van der Waals surface area contributed by atoms with E-state index in [1.165, 1.54) is 0 Å². The standard InChI is InChI=1S/C23H27N5/c1-6-22(28(5)13-11-20-8-7-12-25-15-20)17(2)14-18(3)23(24)27-21-10-9-19(4)26-16-21/h6-16H,1H2,2-5H3,(H2,24,27)/b13-11-,18-14+,22-17+. The molecule has 2 aromatic rings. The van der Waals surface area contributed by atoms with E-state index in [9.17, 15) is 0 Å². The van der Waals surface area contributed by atoms with Gasteiger partial charge >= 0.3 is 0 Å². The molecule has 0 bridgehead atoms. The van der Waals surface area contributed by atoms with Crippen molar-refractivity contribution in [3.8, 4) is 0 Å². The van der Waals surface area contributed by atoms with Crippen LogP contribution in [0.1, 0.15) is 25.1 Å². The molecule has 0 amide bonds. The largest absolute Gasteiger partial charge is 0.383 e. The van der Waals surface area contributed by atoms with Gasteiger partial charge in [0, 0.05) is 37.0 Å². The highest BCUT2D eigenvalue weighted by Gasteiger charge is 2.04. The molecule has 2 N–H and O–H groups in total. The minimum absolute atomic E-state index is 0.460. The molecule has 2 rings (SSSR count). The summed E-state index contributed by atoms with van der Waals surface area (Å²) in [6, 6.07) is 7.72. The Morgan fingerprint density at radius 1 is 1.21 bits per heavy atom. The summed E-state index contributed by atoms with van der Waals surface area (Å²) >= 11 is 0. The summed E-state index contributed by atoms with van der Waals surface area (Å²) in [4.78, 5) is 14.8. The van der Waals surface area contributed by atoms with Gasteiger partial charge in [-0.05, 0) is 67.8 Å². The van der Waals surface area contributed by atoms with Crippen LogP contribution < -0.4 is 5.73 Å². The lowest BCUT2D eigenvalue weighted by molar-refractivity contribution is 0.587. The van der Waals surface area contributed by atoms with Gasteiger partial charge in [-0.3, -0.25) is 9.97 Å². The number of hydrogen-bond acceptors (Lipinski definition) is 4. The lowest BCUT2D eigenvalue weighted by atomic mass is 10.1. The van der Waals surface area contributed by atoms with Crippen LogP contribution in [0.5, 0.6) is 0 Å². The Kier molecular flexibility index (Phi) is 7.45. The zero-order valence-electron chi connectivity index (χ0n) is 16.9. The van der Waals surface area contributed by atoms with E-state index >= 15 is 0 Å². The number of rotatable bonds is 7. The number of aryl methyl sites for hydroxylation is 1.